The summed E-state index contributed by atoms with van der Waals surface area (Å²) in [6.07, 6.45) is 1.23. The van der Waals surface area contributed by atoms with Gasteiger partial charge in [0.15, 0.2) is 0 Å². The molecule has 2 amide bonds. The maximum Gasteiger partial charge on any atom is 0.261 e. The number of nitrogens with one attached hydrogen (secondary N) is 1. The Morgan fingerprint density at radius 2 is 1.84 bits per heavy atom. The minimum absolute atomic E-state index is 0.0532. The van der Waals surface area contributed by atoms with Gasteiger partial charge >= 0.3 is 0 Å². The number of hydrogen-bond acceptors (Lipinski definition) is 4. The molecule has 0 atom stereocenters. The van der Waals surface area contributed by atoms with Gasteiger partial charge in [0, 0.05) is 37.4 Å². The molecule has 164 valence electrons. The quantitative estimate of drug-likeness (QED) is 0.767. The van der Waals surface area contributed by atoms with E-state index in [9.17, 15) is 22.4 Å². The highest BCUT2D eigenvalue weighted by molar-refractivity contribution is 7.89. The van der Waals surface area contributed by atoms with Crippen molar-refractivity contribution in [3.63, 3.8) is 0 Å². The highest BCUT2D eigenvalue weighted by atomic mass is 32.2. The number of sulfonamides is 1. The fraction of sp³-hybridized carbons (Fsp3) is 0.364. The van der Waals surface area contributed by atoms with Crippen LogP contribution in [0.5, 0.6) is 0 Å². The molecule has 0 bridgehead atoms. The Morgan fingerprint density at radius 1 is 1.10 bits per heavy atom. The number of nitrogens with zero attached hydrogens (tertiary/aromatic N) is 2. The van der Waals surface area contributed by atoms with Crippen molar-refractivity contribution in [1.82, 2.24) is 4.31 Å². The van der Waals surface area contributed by atoms with E-state index in [0.29, 0.717) is 50.3 Å². The third-order valence-corrected chi connectivity index (χ3v) is 7.90. The number of carbonyl (C=O) groups is 2. The second kappa shape index (κ2) is 8.05. The summed E-state index contributed by atoms with van der Waals surface area (Å²) in [6.45, 7) is 4.66. The molecule has 4 rings (SSSR count). The van der Waals surface area contributed by atoms with Crippen molar-refractivity contribution in [3.8, 4) is 0 Å². The number of carbonyl (C=O) groups excluding carboxylic acids is 2. The van der Waals surface area contributed by atoms with Crippen molar-refractivity contribution in [2.24, 2.45) is 0 Å². The minimum atomic E-state index is -3.60. The Labute approximate surface area is 180 Å². The van der Waals surface area contributed by atoms with E-state index in [2.05, 4.69) is 5.32 Å². The predicted octanol–water partition coefficient (Wildman–Crippen LogP) is 2.94. The number of hydrogen-bond donors (Lipinski definition) is 1. The number of fused-ring (bicyclic) bond motifs is 2. The number of aryl methyl sites for hydroxylation is 1. The molecule has 0 fully saturated rings. The van der Waals surface area contributed by atoms with Gasteiger partial charge in [-0.3, -0.25) is 9.59 Å². The molecule has 1 N–H and O–H groups in total. The zero-order chi connectivity index (χ0) is 22.3. The summed E-state index contributed by atoms with van der Waals surface area (Å²) in [7, 11) is -3.60. The molecule has 2 aliphatic rings. The van der Waals surface area contributed by atoms with Gasteiger partial charge in [-0.15, -0.1) is 0 Å². The lowest BCUT2D eigenvalue weighted by molar-refractivity contribution is -0.116. The minimum Gasteiger partial charge on any atom is -0.326 e. The summed E-state index contributed by atoms with van der Waals surface area (Å²) in [5, 5.41) is 2.63. The Hall–Kier alpha value is -2.78. The molecule has 7 nitrogen and oxygen atoms in total. The highest BCUT2D eigenvalue weighted by Crippen LogP contribution is 2.34. The van der Waals surface area contributed by atoms with Gasteiger partial charge in [-0.2, -0.15) is 4.31 Å². The van der Waals surface area contributed by atoms with Gasteiger partial charge in [0.05, 0.1) is 10.5 Å². The van der Waals surface area contributed by atoms with Crippen LogP contribution in [0.2, 0.25) is 0 Å². The topological polar surface area (TPSA) is 86.8 Å². The van der Waals surface area contributed by atoms with Crippen LogP contribution in [0.15, 0.2) is 35.2 Å². The van der Waals surface area contributed by atoms with E-state index in [1.54, 1.807) is 26.0 Å². The van der Waals surface area contributed by atoms with Crippen LogP contribution < -0.4 is 10.2 Å². The monoisotopic (exact) mass is 445 g/mol. The van der Waals surface area contributed by atoms with Crippen LogP contribution in [-0.2, 0) is 27.7 Å². The lowest BCUT2D eigenvalue weighted by atomic mass is 9.99. The van der Waals surface area contributed by atoms with E-state index in [-0.39, 0.29) is 16.4 Å². The molecule has 0 aliphatic carbocycles. The van der Waals surface area contributed by atoms with Gasteiger partial charge in [-0.25, -0.2) is 12.8 Å². The van der Waals surface area contributed by atoms with Crippen molar-refractivity contribution in [3.05, 3.63) is 52.8 Å². The second-order valence-corrected chi connectivity index (χ2v) is 9.56. The van der Waals surface area contributed by atoms with Crippen LogP contribution in [0.3, 0.4) is 0 Å². The SMILES string of the molecule is CCN(CC)S(=O)(=O)c1ccc2c(c1)CCN2C(=O)c1cc2c(cc1F)NC(=O)CC2. The predicted molar refractivity (Wildman–Crippen MR) is 115 cm³/mol. The van der Waals surface area contributed by atoms with E-state index in [4.69, 9.17) is 0 Å². The fourth-order valence-corrected chi connectivity index (χ4v) is 5.68. The number of anilines is 2. The summed E-state index contributed by atoms with van der Waals surface area (Å²) in [4.78, 5) is 26.3. The first kappa shape index (κ1) is 21.5. The van der Waals surface area contributed by atoms with Gasteiger partial charge in [-0.1, -0.05) is 13.8 Å². The molecule has 9 heteroatoms. The first-order valence-electron chi connectivity index (χ1n) is 10.3. The van der Waals surface area contributed by atoms with Gasteiger partial charge in [0.1, 0.15) is 5.82 Å². The zero-order valence-electron chi connectivity index (χ0n) is 17.4. The normalized spacial score (nSPS) is 15.6. The molecule has 31 heavy (non-hydrogen) atoms. The van der Waals surface area contributed by atoms with E-state index >= 15 is 0 Å². The van der Waals surface area contributed by atoms with Crippen LogP contribution in [0.1, 0.15) is 41.8 Å². The van der Waals surface area contributed by atoms with E-state index < -0.39 is 21.7 Å². The maximum atomic E-state index is 14.7. The Bertz CT molecular complexity index is 1180. The Morgan fingerprint density at radius 3 is 2.55 bits per heavy atom. The molecule has 2 aliphatic heterocycles. The molecule has 0 aromatic heterocycles. The zero-order valence-corrected chi connectivity index (χ0v) is 18.3. The molecule has 0 saturated heterocycles. The third-order valence-electron chi connectivity index (χ3n) is 5.85. The van der Waals surface area contributed by atoms with Crippen molar-refractivity contribution >= 4 is 33.2 Å². The van der Waals surface area contributed by atoms with Crippen molar-refractivity contribution in [2.75, 3.05) is 29.9 Å². The number of rotatable bonds is 5. The summed E-state index contributed by atoms with van der Waals surface area (Å²) >= 11 is 0. The molecular formula is C22H24FN3O4S. The first-order valence-corrected chi connectivity index (χ1v) is 11.8. The smallest absolute Gasteiger partial charge is 0.261 e. The van der Waals surface area contributed by atoms with Crippen molar-refractivity contribution in [1.29, 1.82) is 0 Å². The van der Waals surface area contributed by atoms with E-state index in [1.807, 2.05) is 0 Å². The molecule has 0 radical (unpaired) electrons. The number of benzene rings is 2. The molecule has 2 aromatic carbocycles. The summed E-state index contributed by atoms with van der Waals surface area (Å²) < 4.78 is 41.7. The van der Waals surface area contributed by atoms with Gasteiger partial charge in [0.25, 0.3) is 5.91 Å². The molecule has 0 spiro atoms. The van der Waals surface area contributed by atoms with Gasteiger partial charge < -0.3 is 10.2 Å². The van der Waals surface area contributed by atoms with Crippen molar-refractivity contribution in [2.45, 2.75) is 38.0 Å². The summed E-state index contributed by atoms with van der Waals surface area (Å²) in [5.41, 5.74) is 2.41. The fourth-order valence-electron chi connectivity index (χ4n) is 4.17. The van der Waals surface area contributed by atoms with E-state index in [1.165, 1.54) is 27.4 Å². The Balaban J connectivity index is 1.65. The molecule has 0 saturated carbocycles. The number of amides is 2. The van der Waals surface area contributed by atoms with Gasteiger partial charge in [-0.05, 0) is 54.3 Å². The van der Waals surface area contributed by atoms with Crippen LogP contribution >= 0.6 is 0 Å². The second-order valence-electron chi connectivity index (χ2n) is 7.62. The summed E-state index contributed by atoms with van der Waals surface area (Å²) in [5.74, 6) is -1.34. The highest BCUT2D eigenvalue weighted by Gasteiger charge is 2.31. The standard InChI is InChI=1S/C22H24FN3O4S/c1-3-25(4-2)31(29,30)16-6-7-20-15(11-16)9-10-26(20)22(28)17-12-14-5-8-21(27)24-19(14)13-18(17)23/h6-7,11-13H,3-5,8-10H2,1-2H3,(H,24,27). The molecule has 2 aromatic rings. The molecule has 2 heterocycles. The lowest BCUT2D eigenvalue weighted by Gasteiger charge is -2.22. The van der Waals surface area contributed by atoms with Crippen LogP contribution in [0.4, 0.5) is 15.8 Å². The van der Waals surface area contributed by atoms with Crippen molar-refractivity contribution < 1.29 is 22.4 Å². The lowest BCUT2D eigenvalue weighted by Crippen LogP contribution is -2.31. The van der Waals surface area contributed by atoms with Gasteiger partial charge in [0.2, 0.25) is 15.9 Å². The number of halogens is 1. The largest absolute Gasteiger partial charge is 0.326 e. The summed E-state index contributed by atoms with van der Waals surface area (Å²) in [6, 6.07) is 7.42. The third kappa shape index (κ3) is 3.72. The molecular weight excluding hydrogens is 421 g/mol. The average Bonchev–Trinajstić information content (AvgIpc) is 3.16. The first-order chi connectivity index (χ1) is 14.8. The molecule has 0 unspecified atom stereocenters. The van der Waals surface area contributed by atoms with E-state index in [0.717, 1.165) is 11.1 Å². The van der Waals surface area contributed by atoms with Crippen LogP contribution in [0, 0.1) is 5.82 Å². The maximum absolute atomic E-state index is 14.7. The van der Waals surface area contributed by atoms with Crippen LogP contribution in [-0.4, -0.2) is 44.2 Å². The Kier molecular flexibility index (Phi) is 5.57. The average molecular weight is 446 g/mol. The van der Waals surface area contributed by atoms with Crippen LogP contribution in [0.25, 0.3) is 0 Å².